The minimum Gasteiger partial charge on any atom is -0.378 e. The van der Waals surface area contributed by atoms with Crippen LogP contribution in [0, 0.1) is 0 Å². The van der Waals surface area contributed by atoms with Gasteiger partial charge in [-0.05, 0) is 24.3 Å². The van der Waals surface area contributed by atoms with E-state index in [1.165, 1.54) is 11.3 Å². The molecule has 0 radical (unpaired) electrons. The van der Waals surface area contributed by atoms with Crippen molar-refractivity contribution in [3.8, 4) is 22.0 Å². The van der Waals surface area contributed by atoms with Gasteiger partial charge in [0.2, 0.25) is 0 Å². The van der Waals surface area contributed by atoms with Crippen LogP contribution in [0.1, 0.15) is 5.69 Å². The number of nitrogens with one attached hydrogen (secondary N) is 1. The Labute approximate surface area is 149 Å². The molecule has 118 valence electrons. The number of rotatable bonds is 4. The van der Waals surface area contributed by atoms with E-state index in [4.69, 9.17) is 16.3 Å². The number of hydrogen-bond donors (Lipinski definition) is 1. The highest BCUT2D eigenvalue weighted by molar-refractivity contribution is 7.19. The second-order valence-corrected chi connectivity index (χ2v) is 5.91. The minimum absolute atomic E-state index is 0. The van der Waals surface area contributed by atoms with E-state index in [0.717, 1.165) is 32.0 Å². The summed E-state index contributed by atoms with van der Waals surface area (Å²) in [4.78, 5) is 13.1. The van der Waals surface area contributed by atoms with Gasteiger partial charge in [0.1, 0.15) is 5.82 Å². The zero-order valence-corrected chi connectivity index (χ0v) is 14.8. The standard InChI is InChI=1S/C14H12ClN3OS.2ClH/c1-19-8-10-13(9-3-2-6-16-7-9)18-14(17-10)11-4-5-12(15)20-11;;/h2-7H,8H2,1H3,(H,17,18);2*1H. The molecule has 0 unspecified atom stereocenters. The van der Waals surface area contributed by atoms with E-state index in [0.29, 0.717) is 6.61 Å². The maximum atomic E-state index is 5.98. The second kappa shape index (κ2) is 8.50. The first-order valence-electron chi connectivity index (χ1n) is 6.02. The van der Waals surface area contributed by atoms with Crippen LogP contribution in [0.5, 0.6) is 0 Å². The topological polar surface area (TPSA) is 50.8 Å². The highest BCUT2D eigenvalue weighted by Gasteiger charge is 2.14. The maximum absolute atomic E-state index is 5.98. The molecule has 0 aliphatic heterocycles. The molecule has 0 aliphatic carbocycles. The predicted molar refractivity (Wildman–Crippen MR) is 95.4 cm³/mol. The Hall–Kier alpha value is -1.11. The molecule has 8 heteroatoms. The molecule has 0 saturated heterocycles. The van der Waals surface area contributed by atoms with Gasteiger partial charge >= 0.3 is 0 Å². The Morgan fingerprint density at radius 1 is 1.27 bits per heavy atom. The number of halogens is 3. The zero-order chi connectivity index (χ0) is 13.9. The number of thiophene rings is 1. The summed E-state index contributed by atoms with van der Waals surface area (Å²) in [6, 6.07) is 7.69. The molecular weight excluding hydrogens is 365 g/mol. The molecule has 0 aromatic carbocycles. The number of hydrogen-bond acceptors (Lipinski definition) is 4. The number of methoxy groups -OCH3 is 1. The van der Waals surface area contributed by atoms with Gasteiger partial charge < -0.3 is 9.72 Å². The van der Waals surface area contributed by atoms with Crippen molar-refractivity contribution in [2.75, 3.05) is 7.11 Å². The van der Waals surface area contributed by atoms with E-state index < -0.39 is 0 Å². The van der Waals surface area contributed by atoms with Crippen LogP contribution >= 0.6 is 47.8 Å². The van der Waals surface area contributed by atoms with Crippen molar-refractivity contribution in [3.63, 3.8) is 0 Å². The number of nitrogens with zero attached hydrogens (tertiary/aromatic N) is 2. The summed E-state index contributed by atoms with van der Waals surface area (Å²) >= 11 is 7.47. The Kier molecular flexibility index (Phi) is 7.32. The Morgan fingerprint density at radius 3 is 2.68 bits per heavy atom. The average molecular weight is 379 g/mol. The van der Waals surface area contributed by atoms with Gasteiger partial charge in [-0.3, -0.25) is 4.98 Å². The Bertz CT molecular complexity index is 715. The lowest BCUT2D eigenvalue weighted by atomic mass is 10.2. The summed E-state index contributed by atoms with van der Waals surface area (Å²) < 4.78 is 5.97. The van der Waals surface area contributed by atoms with Gasteiger partial charge in [-0.25, -0.2) is 4.98 Å². The van der Waals surface area contributed by atoms with Crippen LogP contribution < -0.4 is 0 Å². The van der Waals surface area contributed by atoms with Crippen LogP contribution in [0.3, 0.4) is 0 Å². The molecular formula is C14H14Cl3N3OS. The van der Waals surface area contributed by atoms with Gasteiger partial charge in [0.25, 0.3) is 0 Å². The van der Waals surface area contributed by atoms with Crippen molar-refractivity contribution in [2.24, 2.45) is 0 Å². The van der Waals surface area contributed by atoms with E-state index in [1.807, 2.05) is 24.3 Å². The second-order valence-electron chi connectivity index (χ2n) is 4.19. The fourth-order valence-corrected chi connectivity index (χ4v) is 2.95. The third kappa shape index (κ3) is 4.00. The summed E-state index contributed by atoms with van der Waals surface area (Å²) in [5, 5.41) is 0. The van der Waals surface area contributed by atoms with Gasteiger partial charge in [0.15, 0.2) is 0 Å². The normalized spacial score (nSPS) is 9.91. The van der Waals surface area contributed by atoms with Gasteiger partial charge in [0, 0.05) is 25.1 Å². The fourth-order valence-electron chi connectivity index (χ4n) is 1.96. The Balaban J connectivity index is 0.00000121. The van der Waals surface area contributed by atoms with E-state index >= 15 is 0 Å². The van der Waals surface area contributed by atoms with E-state index in [9.17, 15) is 0 Å². The summed E-state index contributed by atoms with van der Waals surface area (Å²) in [7, 11) is 1.66. The number of aromatic nitrogens is 3. The first-order valence-corrected chi connectivity index (χ1v) is 7.21. The van der Waals surface area contributed by atoms with Crippen molar-refractivity contribution in [2.45, 2.75) is 6.61 Å². The molecule has 0 amide bonds. The maximum Gasteiger partial charge on any atom is 0.148 e. The SMILES string of the molecule is COCc1[nH]c(-c2ccc(Cl)s2)nc1-c1cccnc1.Cl.Cl. The number of ether oxygens (including phenoxy) is 1. The number of imidazole rings is 1. The van der Waals surface area contributed by atoms with Gasteiger partial charge in [-0.15, -0.1) is 36.2 Å². The molecule has 0 spiro atoms. The van der Waals surface area contributed by atoms with E-state index in [1.54, 1.807) is 19.5 Å². The van der Waals surface area contributed by atoms with Crippen LogP contribution in [0.4, 0.5) is 0 Å². The fraction of sp³-hybridized carbons (Fsp3) is 0.143. The lowest BCUT2D eigenvalue weighted by Gasteiger charge is -2.00. The van der Waals surface area contributed by atoms with Crippen molar-refractivity contribution >= 4 is 47.8 Å². The van der Waals surface area contributed by atoms with Gasteiger partial charge in [0.05, 0.1) is 27.2 Å². The highest BCUT2D eigenvalue weighted by atomic mass is 35.5. The molecule has 3 aromatic rings. The van der Waals surface area contributed by atoms with Crippen molar-refractivity contribution in [3.05, 3.63) is 46.7 Å². The molecule has 0 aliphatic rings. The van der Waals surface area contributed by atoms with Crippen molar-refractivity contribution in [1.82, 2.24) is 15.0 Å². The minimum atomic E-state index is 0. The van der Waals surface area contributed by atoms with E-state index in [-0.39, 0.29) is 24.8 Å². The lowest BCUT2D eigenvalue weighted by Crippen LogP contribution is -1.91. The molecule has 0 atom stereocenters. The van der Waals surface area contributed by atoms with Crippen LogP contribution in [0.25, 0.3) is 22.0 Å². The third-order valence-electron chi connectivity index (χ3n) is 2.81. The summed E-state index contributed by atoms with van der Waals surface area (Å²) in [6.07, 6.45) is 3.53. The average Bonchev–Trinajstić information content (AvgIpc) is 3.07. The molecule has 3 heterocycles. The van der Waals surface area contributed by atoms with Gasteiger partial charge in [-0.2, -0.15) is 0 Å². The van der Waals surface area contributed by atoms with Crippen LogP contribution in [-0.4, -0.2) is 22.1 Å². The number of pyridine rings is 1. The molecule has 22 heavy (non-hydrogen) atoms. The molecule has 0 fully saturated rings. The monoisotopic (exact) mass is 377 g/mol. The third-order valence-corrected chi connectivity index (χ3v) is 4.05. The molecule has 3 aromatic heterocycles. The zero-order valence-electron chi connectivity index (χ0n) is 11.6. The summed E-state index contributed by atoms with van der Waals surface area (Å²) in [5.41, 5.74) is 2.75. The van der Waals surface area contributed by atoms with E-state index in [2.05, 4.69) is 15.0 Å². The quantitative estimate of drug-likeness (QED) is 0.706. The summed E-state index contributed by atoms with van der Waals surface area (Å²) in [6.45, 7) is 0.469. The number of H-pyrrole nitrogens is 1. The van der Waals surface area contributed by atoms with Crippen LogP contribution in [0.2, 0.25) is 4.34 Å². The predicted octanol–water partition coefficient (Wildman–Crippen LogP) is 4.84. The van der Waals surface area contributed by atoms with Crippen LogP contribution in [-0.2, 0) is 11.3 Å². The molecule has 1 N–H and O–H groups in total. The van der Waals surface area contributed by atoms with Crippen molar-refractivity contribution < 1.29 is 4.74 Å². The Morgan fingerprint density at radius 2 is 2.09 bits per heavy atom. The largest absolute Gasteiger partial charge is 0.378 e. The molecule has 4 nitrogen and oxygen atoms in total. The van der Waals surface area contributed by atoms with Gasteiger partial charge in [-0.1, -0.05) is 11.6 Å². The smallest absolute Gasteiger partial charge is 0.148 e. The highest BCUT2D eigenvalue weighted by Crippen LogP contribution is 2.32. The molecule has 0 saturated carbocycles. The number of aromatic amines is 1. The van der Waals surface area contributed by atoms with Crippen LogP contribution in [0.15, 0.2) is 36.7 Å². The molecule has 3 rings (SSSR count). The first-order chi connectivity index (χ1) is 9.78. The lowest BCUT2D eigenvalue weighted by molar-refractivity contribution is 0.182. The molecule has 0 bridgehead atoms. The summed E-state index contributed by atoms with van der Waals surface area (Å²) in [5.74, 6) is 0.799. The first kappa shape index (κ1) is 18.9. The van der Waals surface area contributed by atoms with Crippen molar-refractivity contribution in [1.29, 1.82) is 0 Å².